The molecule has 0 saturated heterocycles. The molecule has 1 atom stereocenters. The fourth-order valence-electron chi connectivity index (χ4n) is 3.36. The first-order valence-corrected chi connectivity index (χ1v) is 10.5. The standard InChI is InChI=1S/C20H24INOS/c1-4-10-20(2)13-22(15-8-6-5-7-9-15)17-11-16(21)18(23-3)12-19(17)24-14-20/h5-9,11-12H,4,10,13-14H2,1-3H3. The zero-order valence-electron chi connectivity index (χ0n) is 14.5. The van der Waals surface area contributed by atoms with Gasteiger partial charge in [0.2, 0.25) is 0 Å². The molecule has 4 heteroatoms. The molecule has 0 spiro atoms. The van der Waals surface area contributed by atoms with Crippen LogP contribution in [-0.4, -0.2) is 19.4 Å². The molecule has 0 aromatic heterocycles. The SMILES string of the molecule is CCCC1(C)CSc2cc(OC)c(I)cc2N(c2ccccc2)C1. The Labute approximate surface area is 163 Å². The zero-order valence-corrected chi connectivity index (χ0v) is 17.5. The summed E-state index contributed by atoms with van der Waals surface area (Å²) in [7, 11) is 1.75. The van der Waals surface area contributed by atoms with Crippen molar-refractivity contribution < 1.29 is 4.74 Å². The summed E-state index contributed by atoms with van der Waals surface area (Å²) in [6.45, 7) is 5.76. The molecule has 128 valence electrons. The summed E-state index contributed by atoms with van der Waals surface area (Å²) >= 11 is 4.34. The van der Waals surface area contributed by atoms with Crippen molar-refractivity contribution in [1.29, 1.82) is 0 Å². The van der Waals surface area contributed by atoms with Crippen LogP contribution in [0.5, 0.6) is 5.75 Å². The van der Waals surface area contributed by atoms with Crippen molar-refractivity contribution in [3.8, 4) is 5.75 Å². The van der Waals surface area contributed by atoms with Crippen molar-refractivity contribution in [2.75, 3.05) is 24.3 Å². The molecule has 1 aliphatic rings. The number of hydrogen-bond donors (Lipinski definition) is 0. The Bertz CT molecular complexity index is 706. The average Bonchev–Trinajstić information content (AvgIpc) is 2.72. The van der Waals surface area contributed by atoms with E-state index in [4.69, 9.17) is 4.74 Å². The molecule has 1 heterocycles. The summed E-state index contributed by atoms with van der Waals surface area (Å²) in [5.74, 6) is 2.11. The highest BCUT2D eigenvalue weighted by Crippen LogP contribution is 2.46. The van der Waals surface area contributed by atoms with Gasteiger partial charge in [-0.2, -0.15) is 0 Å². The quantitative estimate of drug-likeness (QED) is 0.501. The predicted molar refractivity (Wildman–Crippen MR) is 113 cm³/mol. The Morgan fingerprint density at radius 1 is 1.25 bits per heavy atom. The van der Waals surface area contributed by atoms with Gasteiger partial charge in [-0.3, -0.25) is 0 Å². The second-order valence-electron chi connectivity index (χ2n) is 6.73. The summed E-state index contributed by atoms with van der Waals surface area (Å²) in [5.41, 5.74) is 2.87. The van der Waals surface area contributed by atoms with Crippen molar-refractivity contribution in [1.82, 2.24) is 0 Å². The van der Waals surface area contributed by atoms with Crippen molar-refractivity contribution in [2.24, 2.45) is 5.41 Å². The molecule has 0 saturated carbocycles. The van der Waals surface area contributed by atoms with Gasteiger partial charge >= 0.3 is 0 Å². The number of nitrogens with zero attached hydrogens (tertiary/aromatic N) is 1. The van der Waals surface area contributed by atoms with E-state index in [0.29, 0.717) is 5.41 Å². The highest BCUT2D eigenvalue weighted by molar-refractivity contribution is 14.1. The predicted octanol–water partition coefficient (Wildman–Crippen LogP) is 6.35. The second-order valence-corrected chi connectivity index (χ2v) is 8.90. The molecule has 2 aromatic carbocycles. The van der Waals surface area contributed by atoms with Gasteiger partial charge in [0.25, 0.3) is 0 Å². The lowest BCUT2D eigenvalue weighted by molar-refractivity contribution is 0.352. The number of thioether (sulfide) groups is 1. The van der Waals surface area contributed by atoms with E-state index in [1.165, 1.54) is 29.1 Å². The van der Waals surface area contributed by atoms with Crippen LogP contribution in [0.3, 0.4) is 0 Å². The van der Waals surface area contributed by atoms with E-state index in [9.17, 15) is 0 Å². The summed E-state index contributed by atoms with van der Waals surface area (Å²) in [6.07, 6.45) is 2.46. The first-order chi connectivity index (χ1) is 11.6. The molecule has 0 radical (unpaired) electrons. The molecule has 1 unspecified atom stereocenters. The molecular weight excluding hydrogens is 429 g/mol. The van der Waals surface area contributed by atoms with Crippen LogP contribution in [0, 0.1) is 8.99 Å². The molecule has 24 heavy (non-hydrogen) atoms. The summed E-state index contributed by atoms with van der Waals surface area (Å²) in [5, 5.41) is 0. The van der Waals surface area contributed by atoms with E-state index in [-0.39, 0.29) is 0 Å². The maximum atomic E-state index is 5.55. The third-order valence-electron chi connectivity index (χ3n) is 4.56. The molecule has 0 fully saturated rings. The van der Waals surface area contributed by atoms with Crippen LogP contribution in [0.15, 0.2) is 47.4 Å². The van der Waals surface area contributed by atoms with Crippen LogP contribution in [0.4, 0.5) is 11.4 Å². The zero-order chi connectivity index (χ0) is 17.2. The normalized spacial score (nSPS) is 20.4. The van der Waals surface area contributed by atoms with Gasteiger partial charge in [-0.05, 0) is 58.7 Å². The number of fused-ring (bicyclic) bond motifs is 1. The lowest BCUT2D eigenvalue weighted by Crippen LogP contribution is -2.33. The minimum absolute atomic E-state index is 0.299. The largest absolute Gasteiger partial charge is 0.496 e. The van der Waals surface area contributed by atoms with Crippen LogP contribution in [0.1, 0.15) is 26.7 Å². The number of rotatable bonds is 4. The third-order valence-corrected chi connectivity index (χ3v) is 6.88. The van der Waals surface area contributed by atoms with E-state index < -0.39 is 0 Å². The molecule has 2 nitrogen and oxygen atoms in total. The van der Waals surface area contributed by atoms with E-state index in [0.717, 1.165) is 21.6 Å². The molecule has 1 aliphatic heterocycles. The molecule has 3 rings (SSSR count). The smallest absolute Gasteiger partial charge is 0.133 e. The number of methoxy groups -OCH3 is 1. The van der Waals surface area contributed by atoms with Crippen molar-refractivity contribution in [3.63, 3.8) is 0 Å². The number of anilines is 2. The van der Waals surface area contributed by atoms with E-state index in [1.807, 2.05) is 11.8 Å². The Kier molecular flexibility index (Phi) is 5.65. The molecule has 0 N–H and O–H groups in total. The van der Waals surface area contributed by atoms with E-state index >= 15 is 0 Å². The van der Waals surface area contributed by atoms with Crippen molar-refractivity contribution in [2.45, 2.75) is 31.6 Å². The minimum Gasteiger partial charge on any atom is -0.496 e. The molecular formula is C20H24INOS. The topological polar surface area (TPSA) is 12.5 Å². The minimum atomic E-state index is 0.299. The van der Waals surface area contributed by atoms with Gasteiger partial charge in [0, 0.05) is 22.9 Å². The van der Waals surface area contributed by atoms with Crippen LogP contribution in [0.25, 0.3) is 0 Å². The monoisotopic (exact) mass is 453 g/mol. The van der Waals surface area contributed by atoms with Crippen LogP contribution in [0.2, 0.25) is 0 Å². The van der Waals surface area contributed by atoms with Crippen molar-refractivity contribution >= 4 is 45.7 Å². The van der Waals surface area contributed by atoms with E-state index in [1.54, 1.807) is 7.11 Å². The number of hydrogen-bond acceptors (Lipinski definition) is 3. The maximum absolute atomic E-state index is 5.55. The Balaban J connectivity index is 2.11. The van der Waals surface area contributed by atoms with Gasteiger partial charge < -0.3 is 9.64 Å². The van der Waals surface area contributed by atoms with Gasteiger partial charge in [0.1, 0.15) is 5.75 Å². The molecule has 2 aromatic rings. The highest BCUT2D eigenvalue weighted by atomic mass is 127. The Morgan fingerprint density at radius 2 is 2.00 bits per heavy atom. The lowest BCUT2D eigenvalue weighted by atomic mass is 9.87. The molecule has 0 aliphatic carbocycles. The highest BCUT2D eigenvalue weighted by Gasteiger charge is 2.32. The van der Waals surface area contributed by atoms with Gasteiger partial charge in [-0.1, -0.05) is 38.5 Å². The van der Waals surface area contributed by atoms with Gasteiger partial charge in [0.05, 0.1) is 16.4 Å². The molecule has 0 bridgehead atoms. The number of para-hydroxylation sites is 1. The Hall–Kier alpha value is -0.880. The Morgan fingerprint density at radius 3 is 2.67 bits per heavy atom. The average molecular weight is 453 g/mol. The third kappa shape index (κ3) is 3.69. The maximum Gasteiger partial charge on any atom is 0.133 e. The van der Waals surface area contributed by atoms with Crippen LogP contribution in [-0.2, 0) is 0 Å². The van der Waals surface area contributed by atoms with E-state index in [2.05, 4.69) is 83.8 Å². The second kappa shape index (κ2) is 7.56. The van der Waals surface area contributed by atoms with Crippen LogP contribution < -0.4 is 9.64 Å². The molecule has 0 amide bonds. The van der Waals surface area contributed by atoms with Gasteiger partial charge in [-0.25, -0.2) is 0 Å². The van der Waals surface area contributed by atoms with Crippen LogP contribution >= 0.6 is 34.4 Å². The van der Waals surface area contributed by atoms with Crippen molar-refractivity contribution in [3.05, 3.63) is 46.0 Å². The number of ether oxygens (including phenoxy) is 1. The van der Waals surface area contributed by atoms with Gasteiger partial charge in [-0.15, -0.1) is 11.8 Å². The summed E-state index contributed by atoms with van der Waals surface area (Å²) in [6, 6.07) is 15.2. The van der Waals surface area contributed by atoms with Gasteiger partial charge in [0.15, 0.2) is 0 Å². The first kappa shape index (κ1) is 17.9. The summed E-state index contributed by atoms with van der Waals surface area (Å²) in [4.78, 5) is 3.81. The first-order valence-electron chi connectivity index (χ1n) is 8.39. The fourth-order valence-corrected chi connectivity index (χ4v) is 5.28. The number of halogens is 1. The lowest BCUT2D eigenvalue weighted by Gasteiger charge is -2.34. The fraction of sp³-hybridized carbons (Fsp3) is 0.400. The number of benzene rings is 2. The summed E-state index contributed by atoms with van der Waals surface area (Å²) < 4.78 is 6.71.